The first-order valence-corrected chi connectivity index (χ1v) is 9.37. The van der Waals surface area contributed by atoms with E-state index in [2.05, 4.69) is 5.10 Å². The zero-order valence-electron chi connectivity index (χ0n) is 13.9. The third-order valence-electron chi connectivity index (χ3n) is 4.09. The van der Waals surface area contributed by atoms with Crippen molar-refractivity contribution in [1.29, 1.82) is 0 Å². The lowest BCUT2D eigenvalue weighted by molar-refractivity contribution is -0.386. The summed E-state index contributed by atoms with van der Waals surface area (Å²) in [5, 5.41) is 15.1. The van der Waals surface area contributed by atoms with Crippen LogP contribution in [-0.2, 0) is 21.4 Å². The van der Waals surface area contributed by atoms with Crippen LogP contribution in [-0.4, -0.2) is 70.7 Å². The second-order valence-electron chi connectivity index (χ2n) is 5.83. The van der Waals surface area contributed by atoms with Crippen molar-refractivity contribution in [3.8, 4) is 0 Å². The number of carbonyl (C=O) groups excluding carboxylic acids is 1. The van der Waals surface area contributed by atoms with Crippen molar-refractivity contribution in [2.75, 3.05) is 32.4 Å². The third kappa shape index (κ3) is 3.90. The molecule has 0 saturated carbocycles. The zero-order chi connectivity index (χ0) is 18.1. The van der Waals surface area contributed by atoms with E-state index >= 15 is 0 Å². The normalized spacial score (nSPS) is 16.9. The molecule has 1 saturated heterocycles. The van der Waals surface area contributed by atoms with Gasteiger partial charge in [0.1, 0.15) is 17.9 Å². The predicted octanol–water partition coefficient (Wildman–Crippen LogP) is -0.0980. The molecule has 1 amide bonds. The summed E-state index contributed by atoms with van der Waals surface area (Å²) in [4.78, 5) is 24.5. The van der Waals surface area contributed by atoms with E-state index < -0.39 is 14.9 Å². The summed E-state index contributed by atoms with van der Waals surface area (Å²) in [6.45, 7) is 4.37. The Labute approximate surface area is 140 Å². The largest absolute Gasteiger partial charge is 0.340 e. The Morgan fingerprint density at radius 3 is 2.46 bits per heavy atom. The maximum atomic E-state index is 12.4. The molecule has 0 aliphatic carbocycles. The van der Waals surface area contributed by atoms with E-state index in [1.54, 1.807) is 11.8 Å². The Bertz CT molecular complexity index is 757. The maximum Gasteiger partial charge on any atom is 0.312 e. The molecule has 0 aromatic carbocycles. The number of nitrogens with zero attached hydrogens (tertiary/aromatic N) is 5. The number of carbonyl (C=O) groups is 1. The highest BCUT2D eigenvalue weighted by Crippen LogP contribution is 2.21. The SMILES string of the molecule is Cc1nn(CC(=O)N2CCCN(S(C)(=O)=O)CC2)c(C)c1[N+](=O)[O-]. The molecule has 10 nitrogen and oxygen atoms in total. The van der Waals surface area contributed by atoms with E-state index in [0.29, 0.717) is 31.7 Å². The lowest BCUT2D eigenvalue weighted by Gasteiger charge is -2.21. The summed E-state index contributed by atoms with van der Waals surface area (Å²) in [5.74, 6) is -0.231. The molecule has 1 aliphatic heterocycles. The van der Waals surface area contributed by atoms with Gasteiger partial charge in [-0.15, -0.1) is 0 Å². The van der Waals surface area contributed by atoms with Crippen molar-refractivity contribution in [2.45, 2.75) is 26.8 Å². The van der Waals surface area contributed by atoms with Gasteiger partial charge in [0.2, 0.25) is 15.9 Å². The van der Waals surface area contributed by atoms with Crippen LogP contribution in [0.1, 0.15) is 17.8 Å². The van der Waals surface area contributed by atoms with Gasteiger partial charge in [0.25, 0.3) is 0 Å². The number of aromatic nitrogens is 2. The molecule has 11 heteroatoms. The Morgan fingerprint density at radius 2 is 1.92 bits per heavy atom. The minimum atomic E-state index is -3.27. The van der Waals surface area contributed by atoms with Crippen molar-refractivity contribution in [1.82, 2.24) is 19.0 Å². The van der Waals surface area contributed by atoms with Gasteiger partial charge in [-0.1, -0.05) is 0 Å². The molecule has 0 unspecified atom stereocenters. The van der Waals surface area contributed by atoms with Crippen LogP contribution in [0.25, 0.3) is 0 Å². The lowest BCUT2D eigenvalue weighted by Crippen LogP contribution is -2.38. The van der Waals surface area contributed by atoms with Crippen molar-refractivity contribution in [3.05, 3.63) is 21.5 Å². The monoisotopic (exact) mass is 359 g/mol. The van der Waals surface area contributed by atoms with Gasteiger partial charge in [0, 0.05) is 26.2 Å². The minimum absolute atomic E-state index is 0.0816. The van der Waals surface area contributed by atoms with Gasteiger partial charge < -0.3 is 4.90 Å². The molecule has 1 aromatic heterocycles. The smallest absolute Gasteiger partial charge is 0.312 e. The Morgan fingerprint density at radius 1 is 1.25 bits per heavy atom. The van der Waals surface area contributed by atoms with Crippen molar-refractivity contribution in [2.24, 2.45) is 0 Å². The number of rotatable bonds is 4. The number of hydrogen-bond donors (Lipinski definition) is 0. The van der Waals surface area contributed by atoms with E-state index in [0.717, 1.165) is 6.26 Å². The van der Waals surface area contributed by atoms with Crippen LogP contribution in [0.15, 0.2) is 0 Å². The number of hydrogen-bond acceptors (Lipinski definition) is 6. The van der Waals surface area contributed by atoms with E-state index in [-0.39, 0.29) is 30.4 Å². The van der Waals surface area contributed by atoms with E-state index in [4.69, 9.17) is 0 Å². The highest BCUT2D eigenvalue weighted by molar-refractivity contribution is 7.88. The van der Waals surface area contributed by atoms with Gasteiger partial charge in [-0.05, 0) is 20.3 Å². The second kappa shape index (κ2) is 6.85. The third-order valence-corrected chi connectivity index (χ3v) is 5.39. The fourth-order valence-corrected chi connectivity index (χ4v) is 3.68. The first kappa shape index (κ1) is 18.3. The van der Waals surface area contributed by atoms with Gasteiger partial charge in [-0.25, -0.2) is 12.7 Å². The fourth-order valence-electron chi connectivity index (χ4n) is 2.81. The number of nitro groups is 1. The second-order valence-corrected chi connectivity index (χ2v) is 7.81. The molecule has 0 N–H and O–H groups in total. The van der Waals surface area contributed by atoms with Gasteiger partial charge in [-0.2, -0.15) is 5.10 Å². The Kier molecular flexibility index (Phi) is 5.23. The molecule has 134 valence electrons. The molecular weight excluding hydrogens is 338 g/mol. The topological polar surface area (TPSA) is 119 Å². The van der Waals surface area contributed by atoms with Crippen molar-refractivity contribution < 1.29 is 18.1 Å². The Hall–Kier alpha value is -2.01. The van der Waals surface area contributed by atoms with Crippen LogP contribution in [0.5, 0.6) is 0 Å². The molecule has 1 aromatic rings. The summed E-state index contributed by atoms with van der Waals surface area (Å²) in [7, 11) is -3.27. The van der Waals surface area contributed by atoms with Gasteiger partial charge in [0.15, 0.2) is 0 Å². The molecule has 2 heterocycles. The van der Waals surface area contributed by atoms with E-state index in [1.165, 1.54) is 15.9 Å². The molecule has 2 rings (SSSR count). The zero-order valence-corrected chi connectivity index (χ0v) is 14.7. The van der Waals surface area contributed by atoms with Crippen molar-refractivity contribution in [3.63, 3.8) is 0 Å². The summed E-state index contributed by atoms with van der Waals surface area (Å²) in [6.07, 6.45) is 1.70. The van der Waals surface area contributed by atoms with Gasteiger partial charge >= 0.3 is 5.69 Å². The van der Waals surface area contributed by atoms with Crippen LogP contribution in [0.3, 0.4) is 0 Å². The summed E-state index contributed by atoms with van der Waals surface area (Å²) in [5.41, 5.74) is 0.518. The summed E-state index contributed by atoms with van der Waals surface area (Å²) in [6, 6.07) is 0. The molecular formula is C13H21N5O5S. The average Bonchev–Trinajstić information content (AvgIpc) is 2.66. The van der Waals surface area contributed by atoms with Gasteiger partial charge in [-0.3, -0.25) is 19.6 Å². The molecule has 24 heavy (non-hydrogen) atoms. The molecule has 1 aliphatic rings. The van der Waals surface area contributed by atoms with Crippen LogP contribution >= 0.6 is 0 Å². The number of aryl methyl sites for hydroxylation is 1. The molecule has 0 radical (unpaired) electrons. The van der Waals surface area contributed by atoms with Gasteiger partial charge in [0.05, 0.1) is 11.2 Å². The quantitative estimate of drug-likeness (QED) is 0.547. The average molecular weight is 359 g/mol. The molecule has 0 atom stereocenters. The van der Waals surface area contributed by atoms with Crippen LogP contribution < -0.4 is 0 Å². The van der Waals surface area contributed by atoms with Crippen LogP contribution in [0.2, 0.25) is 0 Å². The van der Waals surface area contributed by atoms with E-state index in [1.807, 2.05) is 0 Å². The van der Waals surface area contributed by atoms with E-state index in [9.17, 15) is 23.3 Å². The highest BCUT2D eigenvalue weighted by Gasteiger charge is 2.26. The highest BCUT2D eigenvalue weighted by atomic mass is 32.2. The molecule has 0 spiro atoms. The summed E-state index contributed by atoms with van der Waals surface area (Å²) >= 11 is 0. The molecule has 1 fully saturated rings. The number of amides is 1. The Balaban J connectivity index is 2.08. The minimum Gasteiger partial charge on any atom is -0.340 e. The standard InChI is InChI=1S/C13H21N5O5S/c1-10-13(18(20)21)11(2)17(14-10)9-12(19)15-5-4-6-16(8-7-15)24(3,22)23/h4-9H2,1-3H3. The molecule has 0 bridgehead atoms. The lowest BCUT2D eigenvalue weighted by atomic mass is 10.3. The fraction of sp³-hybridized carbons (Fsp3) is 0.692. The maximum absolute atomic E-state index is 12.4. The van der Waals surface area contributed by atoms with Crippen LogP contribution in [0.4, 0.5) is 5.69 Å². The van der Waals surface area contributed by atoms with Crippen molar-refractivity contribution >= 4 is 21.6 Å². The van der Waals surface area contributed by atoms with Crippen LogP contribution in [0, 0.1) is 24.0 Å². The first-order chi connectivity index (χ1) is 11.1. The summed E-state index contributed by atoms with van der Waals surface area (Å²) < 4.78 is 25.9. The first-order valence-electron chi connectivity index (χ1n) is 7.52. The number of sulfonamides is 1. The predicted molar refractivity (Wildman–Crippen MR) is 86.0 cm³/mol.